The Morgan fingerprint density at radius 2 is 1.71 bits per heavy atom. The molecule has 0 aliphatic carbocycles. The summed E-state index contributed by atoms with van der Waals surface area (Å²) in [4.78, 5) is 23.5. The van der Waals surface area contributed by atoms with Crippen molar-refractivity contribution in [2.24, 2.45) is 0 Å². The molecule has 6 nitrogen and oxygen atoms in total. The van der Waals surface area contributed by atoms with Gasteiger partial charge in [0.2, 0.25) is 0 Å². The van der Waals surface area contributed by atoms with Gasteiger partial charge in [0.05, 0.1) is 19.8 Å². The number of amides is 1. The minimum Gasteiger partial charge on any atom is -0.497 e. The first kappa shape index (κ1) is 16.8. The number of nitrogens with one attached hydrogen (secondary N) is 1. The zero-order chi connectivity index (χ0) is 15.8. The molecule has 0 heterocycles. The van der Waals surface area contributed by atoms with E-state index in [1.807, 2.05) is 13.8 Å². The maximum atomic E-state index is 11.9. The fraction of sp³-hybridized carbons (Fsp3) is 0.467. The number of carbonyl (C=O) groups excluding carboxylic acids is 2. The highest BCUT2D eigenvalue weighted by Crippen LogP contribution is 2.22. The SMILES string of the molecule is CC[C@@H](C)NC(=O)COC(=O)c1cc(OC)cc(OC)c1. The number of hydrogen-bond acceptors (Lipinski definition) is 5. The zero-order valence-corrected chi connectivity index (χ0v) is 12.8. The van der Waals surface area contributed by atoms with Gasteiger partial charge in [-0.3, -0.25) is 4.79 Å². The summed E-state index contributed by atoms with van der Waals surface area (Å²) in [5.41, 5.74) is 0.266. The van der Waals surface area contributed by atoms with Crippen LogP contribution in [0.15, 0.2) is 18.2 Å². The van der Waals surface area contributed by atoms with Crippen LogP contribution in [0.4, 0.5) is 0 Å². The molecule has 0 aliphatic heterocycles. The van der Waals surface area contributed by atoms with Gasteiger partial charge in [-0.15, -0.1) is 0 Å². The number of methoxy groups -OCH3 is 2. The lowest BCUT2D eigenvalue weighted by Crippen LogP contribution is -2.35. The molecule has 0 spiro atoms. The summed E-state index contributed by atoms with van der Waals surface area (Å²) in [5, 5.41) is 2.72. The lowest BCUT2D eigenvalue weighted by atomic mass is 10.2. The lowest BCUT2D eigenvalue weighted by molar-refractivity contribution is -0.124. The molecule has 0 aromatic heterocycles. The Bertz CT molecular complexity index is 479. The van der Waals surface area contributed by atoms with E-state index in [9.17, 15) is 9.59 Å². The summed E-state index contributed by atoms with van der Waals surface area (Å²) in [6, 6.07) is 4.74. The number of hydrogen-bond donors (Lipinski definition) is 1. The third-order valence-corrected chi connectivity index (χ3v) is 2.94. The molecule has 0 fully saturated rings. The topological polar surface area (TPSA) is 73.9 Å². The van der Waals surface area contributed by atoms with Crippen LogP contribution in [-0.2, 0) is 9.53 Å². The summed E-state index contributed by atoms with van der Waals surface area (Å²) in [5.74, 6) is 0.0229. The van der Waals surface area contributed by atoms with Crippen molar-refractivity contribution in [3.63, 3.8) is 0 Å². The van der Waals surface area contributed by atoms with Crippen LogP contribution in [0, 0.1) is 0 Å². The number of rotatable bonds is 7. The van der Waals surface area contributed by atoms with Gasteiger partial charge in [-0.05, 0) is 25.5 Å². The summed E-state index contributed by atoms with van der Waals surface area (Å²) < 4.78 is 15.1. The van der Waals surface area contributed by atoms with E-state index in [4.69, 9.17) is 14.2 Å². The molecular formula is C15H21NO5. The average Bonchev–Trinajstić information content (AvgIpc) is 2.51. The molecule has 6 heteroatoms. The van der Waals surface area contributed by atoms with Crippen molar-refractivity contribution in [2.75, 3.05) is 20.8 Å². The van der Waals surface area contributed by atoms with Crippen LogP contribution in [0.2, 0.25) is 0 Å². The highest BCUT2D eigenvalue weighted by molar-refractivity contribution is 5.92. The minimum absolute atomic E-state index is 0.0492. The fourth-order valence-corrected chi connectivity index (χ4v) is 1.56. The van der Waals surface area contributed by atoms with Crippen LogP contribution < -0.4 is 14.8 Å². The molecule has 116 valence electrons. The van der Waals surface area contributed by atoms with Crippen molar-refractivity contribution in [3.05, 3.63) is 23.8 Å². The average molecular weight is 295 g/mol. The number of benzene rings is 1. The van der Waals surface area contributed by atoms with E-state index < -0.39 is 5.97 Å². The van der Waals surface area contributed by atoms with Crippen LogP contribution in [-0.4, -0.2) is 38.7 Å². The Labute approximate surface area is 124 Å². The van der Waals surface area contributed by atoms with Crippen molar-refractivity contribution in [1.29, 1.82) is 0 Å². The van der Waals surface area contributed by atoms with Gasteiger partial charge in [0, 0.05) is 12.1 Å². The molecule has 1 N–H and O–H groups in total. The smallest absolute Gasteiger partial charge is 0.338 e. The van der Waals surface area contributed by atoms with Gasteiger partial charge in [-0.25, -0.2) is 4.79 Å². The summed E-state index contributed by atoms with van der Waals surface area (Å²) in [6.07, 6.45) is 0.812. The van der Waals surface area contributed by atoms with E-state index in [-0.39, 0.29) is 24.1 Å². The number of ether oxygens (including phenoxy) is 3. The number of esters is 1. The van der Waals surface area contributed by atoms with Crippen LogP contribution in [0.1, 0.15) is 30.6 Å². The minimum atomic E-state index is -0.605. The van der Waals surface area contributed by atoms with Gasteiger partial charge < -0.3 is 19.5 Å². The molecule has 1 amide bonds. The second-order valence-electron chi connectivity index (χ2n) is 4.55. The van der Waals surface area contributed by atoms with E-state index in [0.717, 1.165) is 6.42 Å². The predicted octanol–water partition coefficient (Wildman–Crippen LogP) is 1.78. The van der Waals surface area contributed by atoms with E-state index in [1.54, 1.807) is 6.07 Å². The summed E-state index contributed by atoms with van der Waals surface area (Å²) in [7, 11) is 2.98. The second-order valence-corrected chi connectivity index (χ2v) is 4.55. The molecule has 0 bridgehead atoms. The van der Waals surface area contributed by atoms with E-state index in [0.29, 0.717) is 11.5 Å². The van der Waals surface area contributed by atoms with Crippen molar-refractivity contribution in [3.8, 4) is 11.5 Å². The molecule has 1 rings (SSSR count). The van der Waals surface area contributed by atoms with Crippen LogP contribution in [0.25, 0.3) is 0 Å². The third-order valence-electron chi connectivity index (χ3n) is 2.94. The van der Waals surface area contributed by atoms with Gasteiger partial charge in [0.15, 0.2) is 6.61 Å². The molecule has 0 unspecified atom stereocenters. The Morgan fingerprint density at radius 1 is 1.14 bits per heavy atom. The van der Waals surface area contributed by atoms with Gasteiger partial charge >= 0.3 is 5.97 Å². The van der Waals surface area contributed by atoms with E-state index in [2.05, 4.69) is 5.32 Å². The Kier molecular flexibility index (Phi) is 6.52. The van der Waals surface area contributed by atoms with Crippen molar-refractivity contribution in [1.82, 2.24) is 5.32 Å². The Hall–Kier alpha value is -2.24. The Morgan fingerprint density at radius 3 is 2.19 bits per heavy atom. The highest BCUT2D eigenvalue weighted by Gasteiger charge is 2.14. The quantitative estimate of drug-likeness (QED) is 0.776. The number of carbonyl (C=O) groups is 2. The van der Waals surface area contributed by atoms with Crippen LogP contribution in [0.5, 0.6) is 11.5 Å². The molecule has 1 aromatic carbocycles. The fourth-order valence-electron chi connectivity index (χ4n) is 1.56. The van der Waals surface area contributed by atoms with E-state index in [1.165, 1.54) is 26.4 Å². The monoisotopic (exact) mass is 295 g/mol. The highest BCUT2D eigenvalue weighted by atomic mass is 16.5. The van der Waals surface area contributed by atoms with Crippen molar-refractivity contribution >= 4 is 11.9 Å². The molecular weight excluding hydrogens is 274 g/mol. The Balaban J connectivity index is 2.65. The summed E-state index contributed by atoms with van der Waals surface area (Å²) in [6.45, 7) is 3.52. The van der Waals surface area contributed by atoms with E-state index >= 15 is 0 Å². The normalized spacial score (nSPS) is 11.4. The lowest BCUT2D eigenvalue weighted by Gasteiger charge is -2.12. The largest absolute Gasteiger partial charge is 0.497 e. The molecule has 0 saturated carbocycles. The molecule has 21 heavy (non-hydrogen) atoms. The first-order valence-corrected chi connectivity index (χ1v) is 6.69. The zero-order valence-electron chi connectivity index (χ0n) is 12.8. The van der Waals surface area contributed by atoms with Crippen molar-refractivity contribution < 1.29 is 23.8 Å². The molecule has 0 aliphatic rings. The third kappa shape index (κ3) is 5.33. The molecule has 1 atom stereocenters. The predicted molar refractivity (Wildman–Crippen MR) is 77.7 cm³/mol. The maximum absolute atomic E-state index is 11.9. The van der Waals surface area contributed by atoms with Gasteiger partial charge in [0.25, 0.3) is 5.91 Å². The van der Waals surface area contributed by atoms with Crippen molar-refractivity contribution in [2.45, 2.75) is 26.3 Å². The van der Waals surface area contributed by atoms with Gasteiger partial charge in [0.1, 0.15) is 11.5 Å². The van der Waals surface area contributed by atoms with Gasteiger partial charge in [-0.2, -0.15) is 0 Å². The maximum Gasteiger partial charge on any atom is 0.338 e. The van der Waals surface area contributed by atoms with Gasteiger partial charge in [-0.1, -0.05) is 6.92 Å². The summed E-state index contributed by atoms with van der Waals surface area (Å²) >= 11 is 0. The first-order chi connectivity index (χ1) is 9.99. The molecule has 0 saturated heterocycles. The molecule has 1 aromatic rings. The second kappa shape index (κ2) is 8.14. The van der Waals surface area contributed by atoms with Crippen LogP contribution >= 0.6 is 0 Å². The molecule has 0 radical (unpaired) electrons. The van der Waals surface area contributed by atoms with Crippen LogP contribution in [0.3, 0.4) is 0 Å². The first-order valence-electron chi connectivity index (χ1n) is 6.69. The standard InChI is InChI=1S/C15H21NO5/c1-5-10(2)16-14(17)9-21-15(18)11-6-12(19-3)8-13(7-11)20-4/h6-8,10H,5,9H2,1-4H3,(H,16,17)/t10-/m1/s1.